The SMILES string of the molecule is COc1ccc(C(=O)N2CCc3c(nn(C)c3-c3cc(F)c(F)c(F)c3)C2)cn1. The Balaban J connectivity index is 1.63. The molecule has 1 amide bonds. The first-order valence-corrected chi connectivity index (χ1v) is 8.88. The number of benzene rings is 1. The first-order chi connectivity index (χ1) is 13.9. The van der Waals surface area contributed by atoms with Crippen molar-refractivity contribution < 1.29 is 22.7 Å². The van der Waals surface area contributed by atoms with E-state index in [9.17, 15) is 18.0 Å². The number of aryl methyl sites for hydroxylation is 1. The van der Waals surface area contributed by atoms with E-state index >= 15 is 0 Å². The summed E-state index contributed by atoms with van der Waals surface area (Å²) in [6.45, 7) is 0.656. The van der Waals surface area contributed by atoms with Crippen LogP contribution in [0.5, 0.6) is 5.88 Å². The lowest BCUT2D eigenvalue weighted by molar-refractivity contribution is 0.0732. The van der Waals surface area contributed by atoms with E-state index in [0.29, 0.717) is 35.8 Å². The van der Waals surface area contributed by atoms with E-state index in [1.807, 2.05) is 0 Å². The Bertz CT molecular complexity index is 1070. The molecule has 0 N–H and O–H groups in total. The minimum absolute atomic E-state index is 0.197. The van der Waals surface area contributed by atoms with Crippen LogP contribution in [0.15, 0.2) is 30.5 Å². The molecule has 4 rings (SSSR count). The van der Waals surface area contributed by atoms with E-state index < -0.39 is 17.5 Å². The van der Waals surface area contributed by atoms with Crippen LogP contribution in [0.3, 0.4) is 0 Å². The van der Waals surface area contributed by atoms with Crippen molar-refractivity contribution in [3.8, 4) is 17.1 Å². The summed E-state index contributed by atoms with van der Waals surface area (Å²) in [7, 11) is 3.14. The molecule has 1 aliphatic rings. The van der Waals surface area contributed by atoms with Gasteiger partial charge in [0.05, 0.1) is 30.6 Å². The van der Waals surface area contributed by atoms with Crippen LogP contribution in [0.4, 0.5) is 13.2 Å². The number of amides is 1. The van der Waals surface area contributed by atoms with Crippen LogP contribution in [0.1, 0.15) is 21.6 Å². The number of hydrogen-bond donors (Lipinski definition) is 0. The number of methoxy groups -OCH3 is 1. The van der Waals surface area contributed by atoms with Crippen LogP contribution in [0, 0.1) is 17.5 Å². The van der Waals surface area contributed by atoms with Crippen LogP contribution < -0.4 is 4.74 Å². The predicted molar refractivity (Wildman–Crippen MR) is 97.8 cm³/mol. The zero-order valence-electron chi connectivity index (χ0n) is 15.7. The van der Waals surface area contributed by atoms with Gasteiger partial charge in [0.25, 0.3) is 5.91 Å². The second-order valence-corrected chi connectivity index (χ2v) is 6.72. The highest BCUT2D eigenvalue weighted by Crippen LogP contribution is 2.32. The van der Waals surface area contributed by atoms with Gasteiger partial charge in [-0.25, -0.2) is 18.2 Å². The first kappa shape index (κ1) is 19.0. The summed E-state index contributed by atoms with van der Waals surface area (Å²) in [5.74, 6) is -3.80. The Hall–Kier alpha value is -3.36. The minimum Gasteiger partial charge on any atom is -0.481 e. The van der Waals surface area contributed by atoms with Crippen LogP contribution in [-0.2, 0) is 20.0 Å². The molecule has 0 fully saturated rings. The molecular weight excluding hydrogens is 385 g/mol. The van der Waals surface area contributed by atoms with Crippen molar-refractivity contribution in [2.45, 2.75) is 13.0 Å². The number of carbonyl (C=O) groups excluding carboxylic acids is 1. The smallest absolute Gasteiger partial charge is 0.255 e. The maximum Gasteiger partial charge on any atom is 0.255 e. The van der Waals surface area contributed by atoms with Crippen molar-refractivity contribution in [2.75, 3.05) is 13.7 Å². The van der Waals surface area contributed by atoms with Crippen molar-refractivity contribution in [2.24, 2.45) is 7.05 Å². The molecule has 0 aliphatic carbocycles. The summed E-state index contributed by atoms with van der Waals surface area (Å²) >= 11 is 0. The highest BCUT2D eigenvalue weighted by Gasteiger charge is 2.28. The lowest BCUT2D eigenvalue weighted by Gasteiger charge is -2.26. The number of ether oxygens (including phenoxy) is 1. The van der Waals surface area contributed by atoms with Gasteiger partial charge in [0.1, 0.15) is 0 Å². The first-order valence-electron chi connectivity index (χ1n) is 8.88. The van der Waals surface area contributed by atoms with Crippen molar-refractivity contribution in [3.63, 3.8) is 0 Å². The van der Waals surface area contributed by atoms with Crippen molar-refractivity contribution in [3.05, 3.63) is 64.7 Å². The molecule has 1 aliphatic heterocycles. The molecule has 0 unspecified atom stereocenters. The minimum atomic E-state index is -1.50. The molecule has 3 heterocycles. The van der Waals surface area contributed by atoms with Gasteiger partial charge in [0, 0.05) is 37.0 Å². The van der Waals surface area contributed by atoms with E-state index in [4.69, 9.17) is 4.74 Å². The quantitative estimate of drug-likeness (QED) is 0.632. The molecule has 2 aromatic heterocycles. The Morgan fingerprint density at radius 1 is 1.17 bits per heavy atom. The summed E-state index contributed by atoms with van der Waals surface area (Å²) in [6, 6.07) is 5.16. The number of rotatable bonds is 3. The van der Waals surface area contributed by atoms with Gasteiger partial charge in [0.15, 0.2) is 17.5 Å². The lowest BCUT2D eigenvalue weighted by Crippen LogP contribution is -2.36. The average Bonchev–Trinajstić information content (AvgIpc) is 3.06. The van der Waals surface area contributed by atoms with Gasteiger partial charge in [-0.2, -0.15) is 5.10 Å². The molecule has 150 valence electrons. The second kappa shape index (κ2) is 7.23. The predicted octanol–water partition coefficient (Wildman–Crippen LogP) is 3.11. The highest BCUT2D eigenvalue weighted by atomic mass is 19.2. The van der Waals surface area contributed by atoms with Crippen molar-refractivity contribution in [1.29, 1.82) is 0 Å². The standard InChI is InChI=1S/C20H17F3N4O2/c1-26-19(12-7-14(21)18(23)15(22)8-12)13-5-6-27(10-16(13)25-26)20(28)11-3-4-17(29-2)24-9-11/h3-4,7-9H,5-6,10H2,1-2H3. The van der Waals surface area contributed by atoms with Gasteiger partial charge in [-0.15, -0.1) is 0 Å². The fourth-order valence-corrected chi connectivity index (χ4v) is 3.56. The zero-order valence-corrected chi connectivity index (χ0v) is 15.7. The van der Waals surface area contributed by atoms with Gasteiger partial charge in [-0.1, -0.05) is 0 Å². The summed E-state index contributed by atoms with van der Waals surface area (Å²) in [5, 5.41) is 4.41. The summed E-state index contributed by atoms with van der Waals surface area (Å²) < 4.78 is 47.2. The number of halogens is 3. The largest absolute Gasteiger partial charge is 0.481 e. The zero-order chi connectivity index (χ0) is 20.7. The lowest BCUT2D eigenvalue weighted by atomic mass is 9.99. The van der Waals surface area contributed by atoms with Crippen molar-refractivity contribution >= 4 is 5.91 Å². The van der Waals surface area contributed by atoms with Gasteiger partial charge >= 0.3 is 0 Å². The molecule has 0 bridgehead atoms. The normalized spacial score (nSPS) is 13.3. The summed E-state index contributed by atoms with van der Waals surface area (Å²) in [5.41, 5.74) is 2.56. The highest BCUT2D eigenvalue weighted by molar-refractivity contribution is 5.94. The van der Waals surface area contributed by atoms with Gasteiger partial charge in [-0.05, 0) is 24.6 Å². The van der Waals surface area contributed by atoms with E-state index in [1.54, 1.807) is 24.1 Å². The van der Waals surface area contributed by atoms with Crippen LogP contribution in [-0.4, -0.2) is 39.2 Å². The maximum atomic E-state index is 13.7. The van der Waals surface area contributed by atoms with E-state index in [1.165, 1.54) is 18.0 Å². The van der Waals surface area contributed by atoms with Crippen molar-refractivity contribution in [1.82, 2.24) is 19.7 Å². The molecule has 0 saturated heterocycles. The third kappa shape index (κ3) is 3.32. The summed E-state index contributed by atoms with van der Waals surface area (Å²) in [6.07, 6.45) is 1.90. The molecule has 1 aromatic carbocycles. The van der Waals surface area contributed by atoms with Gasteiger partial charge in [-0.3, -0.25) is 9.48 Å². The number of pyridine rings is 1. The monoisotopic (exact) mass is 402 g/mol. The van der Waals surface area contributed by atoms with E-state index in [-0.39, 0.29) is 18.0 Å². The Kier molecular flexibility index (Phi) is 4.73. The summed E-state index contributed by atoms with van der Waals surface area (Å²) in [4.78, 5) is 18.4. The Labute approximate surface area is 164 Å². The van der Waals surface area contributed by atoms with Gasteiger partial charge in [0.2, 0.25) is 5.88 Å². The fraction of sp³-hybridized carbons (Fsp3) is 0.250. The third-order valence-electron chi connectivity index (χ3n) is 4.94. The molecule has 29 heavy (non-hydrogen) atoms. The fourth-order valence-electron chi connectivity index (χ4n) is 3.56. The molecule has 0 spiro atoms. The number of hydrogen-bond acceptors (Lipinski definition) is 4. The third-order valence-corrected chi connectivity index (χ3v) is 4.94. The Morgan fingerprint density at radius 2 is 1.90 bits per heavy atom. The van der Waals surface area contributed by atoms with Crippen LogP contribution >= 0.6 is 0 Å². The number of carbonyl (C=O) groups is 1. The average molecular weight is 402 g/mol. The molecule has 6 nitrogen and oxygen atoms in total. The Morgan fingerprint density at radius 3 is 2.52 bits per heavy atom. The number of nitrogens with zero attached hydrogens (tertiary/aromatic N) is 4. The molecule has 0 atom stereocenters. The van der Waals surface area contributed by atoms with Gasteiger partial charge < -0.3 is 9.64 Å². The molecule has 0 radical (unpaired) electrons. The molecular formula is C20H17F3N4O2. The molecule has 9 heteroatoms. The van der Waals surface area contributed by atoms with Crippen LogP contribution in [0.25, 0.3) is 11.3 Å². The molecule has 0 saturated carbocycles. The number of fused-ring (bicyclic) bond motifs is 1. The van der Waals surface area contributed by atoms with E-state index in [2.05, 4.69) is 10.1 Å². The van der Waals surface area contributed by atoms with Crippen LogP contribution in [0.2, 0.25) is 0 Å². The second-order valence-electron chi connectivity index (χ2n) is 6.72. The maximum absolute atomic E-state index is 13.7. The number of aromatic nitrogens is 3. The topological polar surface area (TPSA) is 60.2 Å². The molecule has 3 aromatic rings. The van der Waals surface area contributed by atoms with E-state index in [0.717, 1.165) is 17.7 Å².